The number of nitrogens with zero attached hydrogens (tertiary/aromatic N) is 1. The molecule has 18 heavy (non-hydrogen) atoms. The van der Waals surface area contributed by atoms with Gasteiger partial charge in [-0.1, -0.05) is 6.92 Å². The summed E-state index contributed by atoms with van der Waals surface area (Å²) in [5.74, 6) is 0.969. The van der Waals surface area contributed by atoms with Crippen molar-refractivity contribution in [2.45, 2.75) is 58.6 Å². The zero-order valence-corrected chi connectivity index (χ0v) is 11.5. The Labute approximate surface area is 110 Å². The Morgan fingerprint density at radius 3 is 2.83 bits per heavy atom. The fourth-order valence-corrected chi connectivity index (χ4v) is 2.40. The summed E-state index contributed by atoms with van der Waals surface area (Å²) in [6.07, 6.45) is 6.52. The van der Waals surface area contributed by atoms with E-state index in [2.05, 4.69) is 23.3 Å². The molecule has 1 saturated carbocycles. The zero-order valence-electron chi connectivity index (χ0n) is 11.5. The summed E-state index contributed by atoms with van der Waals surface area (Å²) in [6.45, 7) is 6.03. The van der Waals surface area contributed by atoms with E-state index in [4.69, 9.17) is 4.74 Å². The normalized spacial score (nSPS) is 16.1. The molecule has 0 unspecified atom stereocenters. The highest BCUT2D eigenvalue weighted by Crippen LogP contribution is 2.26. The van der Waals surface area contributed by atoms with Gasteiger partial charge in [0.15, 0.2) is 0 Å². The minimum atomic E-state index is 0.402. The van der Waals surface area contributed by atoms with Crippen molar-refractivity contribution < 1.29 is 4.74 Å². The standard InChI is InChI=1S/C15H24N2O/c1-3-10-16-11-14-15(9-8-12(2)17-14)18-13-6-4-5-7-13/h8-9,13,16H,3-7,10-11H2,1-2H3. The van der Waals surface area contributed by atoms with E-state index in [1.54, 1.807) is 0 Å². The highest BCUT2D eigenvalue weighted by molar-refractivity contribution is 5.29. The minimum absolute atomic E-state index is 0.402. The van der Waals surface area contributed by atoms with Gasteiger partial charge in [0.2, 0.25) is 0 Å². The van der Waals surface area contributed by atoms with Gasteiger partial charge in [-0.05, 0) is 57.7 Å². The van der Waals surface area contributed by atoms with Crippen LogP contribution in [0.15, 0.2) is 12.1 Å². The molecule has 0 aliphatic heterocycles. The molecule has 0 aromatic carbocycles. The highest BCUT2D eigenvalue weighted by Gasteiger charge is 2.18. The molecule has 0 radical (unpaired) electrons. The summed E-state index contributed by atoms with van der Waals surface area (Å²) in [7, 11) is 0. The lowest BCUT2D eigenvalue weighted by atomic mass is 10.2. The molecule has 1 aliphatic rings. The van der Waals surface area contributed by atoms with Gasteiger partial charge in [0.1, 0.15) is 5.75 Å². The predicted octanol–water partition coefficient (Wildman–Crippen LogP) is 3.21. The van der Waals surface area contributed by atoms with Gasteiger partial charge in [-0.25, -0.2) is 0 Å². The van der Waals surface area contributed by atoms with Gasteiger partial charge in [0, 0.05) is 12.2 Å². The Kier molecular flexibility index (Phi) is 5.00. The Morgan fingerprint density at radius 1 is 1.33 bits per heavy atom. The van der Waals surface area contributed by atoms with E-state index in [-0.39, 0.29) is 0 Å². The van der Waals surface area contributed by atoms with Crippen LogP contribution >= 0.6 is 0 Å². The first-order valence-corrected chi connectivity index (χ1v) is 7.13. The summed E-state index contributed by atoms with van der Waals surface area (Å²) in [5, 5.41) is 3.40. The second kappa shape index (κ2) is 6.74. The first kappa shape index (κ1) is 13.3. The van der Waals surface area contributed by atoms with Crippen LogP contribution in [0, 0.1) is 6.92 Å². The van der Waals surface area contributed by atoms with E-state index >= 15 is 0 Å². The second-order valence-corrected chi connectivity index (χ2v) is 5.10. The lowest BCUT2D eigenvalue weighted by Gasteiger charge is -2.16. The number of aromatic nitrogens is 1. The molecule has 0 spiro atoms. The first-order chi connectivity index (χ1) is 8.79. The van der Waals surface area contributed by atoms with Crippen LogP contribution in [0.3, 0.4) is 0 Å². The largest absolute Gasteiger partial charge is 0.488 e. The third kappa shape index (κ3) is 3.70. The first-order valence-electron chi connectivity index (χ1n) is 7.13. The molecule has 2 rings (SSSR count). The Bertz CT molecular complexity index is 373. The van der Waals surface area contributed by atoms with Gasteiger partial charge in [-0.2, -0.15) is 0 Å². The number of aryl methyl sites for hydroxylation is 1. The molecule has 1 aromatic heterocycles. The van der Waals surface area contributed by atoms with Crippen LogP contribution < -0.4 is 10.1 Å². The molecule has 3 nitrogen and oxygen atoms in total. The van der Waals surface area contributed by atoms with E-state index in [0.717, 1.165) is 36.6 Å². The Balaban J connectivity index is 2.02. The molecule has 1 N–H and O–H groups in total. The zero-order chi connectivity index (χ0) is 12.8. The highest BCUT2D eigenvalue weighted by atomic mass is 16.5. The van der Waals surface area contributed by atoms with Gasteiger partial charge < -0.3 is 10.1 Å². The van der Waals surface area contributed by atoms with Crippen molar-refractivity contribution in [3.8, 4) is 5.75 Å². The fourth-order valence-electron chi connectivity index (χ4n) is 2.40. The fraction of sp³-hybridized carbons (Fsp3) is 0.667. The van der Waals surface area contributed by atoms with E-state index in [0.29, 0.717) is 6.10 Å². The van der Waals surface area contributed by atoms with Crippen molar-refractivity contribution in [2.75, 3.05) is 6.54 Å². The molecular formula is C15H24N2O. The quantitative estimate of drug-likeness (QED) is 0.785. The molecular weight excluding hydrogens is 224 g/mol. The molecule has 0 saturated heterocycles. The lowest BCUT2D eigenvalue weighted by Crippen LogP contribution is -2.18. The maximum atomic E-state index is 6.09. The van der Waals surface area contributed by atoms with E-state index in [1.807, 2.05) is 13.0 Å². The molecule has 0 atom stereocenters. The maximum absolute atomic E-state index is 6.09. The number of rotatable bonds is 6. The molecule has 1 heterocycles. The van der Waals surface area contributed by atoms with E-state index < -0.39 is 0 Å². The van der Waals surface area contributed by atoms with Gasteiger partial charge in [0.25, 0.3) is 0 Å². The number of pyridine rings is 1. The third-order valence-electron chi connectivity index (χ3n) is 3.39. The van der Waals surface area contributed by atoms with Crippen molar-refractivity contribution in [1.82, 2.24) is 10.3 Å². The number of hydrogen-bond acceptors (Lipinski definition) is 3. The second-order valence-electron chi connectivity index (χ2n) is 5.10. The van der Waals surface area contributed by atoms with Gasteiger partial charge in [-0.15, -0.1) is 0 Å². The molecule has 1 aromatic rings. The maximum Gasteiger partial charge on any atom is 0.142 e. The minimum Gasteiger partial charge on any atom is -0.488 e. The predicted molar refractivity (Wildman–Crippen MR) is 73.9 cm³/mol. The van der Waals surface area contributed by atoms with Crippen LogP contribution in [0.1, 0.15) is 50.4 Å². The molecule has 1 fully saturated rings. The van der Waals surface area contributed by atoms with Gasteiger partial charge >= 0.3 is 0 Å². The van der Waals surface area contributed by atoms with Crippen molar-refractivity contribution in [2.24, 2.45) is 0 Å². The van der Waals surface area contributed by atoms with Crippen LogP contribution in [0.25, 0.3) is 0 Å². The SMILES string of the molecule is CCCNCc1nc(C)ccc1OC1CCCC1. The van der Waals surface area contributed by atoms with Crippen molar-refractivity contribution in [1.29, 1.82) is 0 Å². The molecule has 100 valence electrons. The van der Waals surface area contributed by atoms with Crippen LogP contribution in [0.2, 0.25) is 0 Å². The van der Waals surface area contributed by atoms with Gasteiger partial charge in [0.05, 0.1) is 11.8 Å². The smallest absolute Gasteiger partial charge is 0.142 e. The van der Waals surface area contributed by atoms with Crippen LogP contribution in [-0.2, 0) is 6.54 Å². The van der Waals surface area contributed by atoms with Crippen LogP contribution in [0.5, 0.6) is 5.75 Å². The summed E-state index contributed by atoms with van der Waals surface area (Å²) in [4.78, 5) is 4.60. The third-order valence-corrected chi connectivity index (χ3v) is 3.39. The molecule has 3 heteroatoms. The van der Waals surface area contributed by atoms with Crippen molar-refractivity contribution in [3.63, 3.8) is 0 Å². The summed E-state index contributed by atoms with van der Waals surface area (Å²) < 4.78 is 6.09. The van der Waals surface area contributed by atoms with Crippen LogP contribution in [0.4, 0.5) is 0 Å². The summed E-state index contributed by atoms with van der Waals surface area (Å²) in [5.41, 5.74) is 2.11. The van der Waals surface area contributed by atoms with Crippen molar-refractivity contribution in [3.05, 3.63) is 23.5 Å². The summed E-state index contributed by atoms with van der Waals surface area (Å²) >= 11 is 0. The monoisotopic (exact) mass is 248 g/mol. The Hall–Kier alpha value is -1.09. The van der Waals surface area contributed by atoms with E-state index in [9.17, 15) is 0 Å². The van der Waals surface area contributed by atoms with Gasteiger partial charge in [-0.3, -0.25) is 4.98 Å². The van der Waals surface area contributed by atoms with E-state index in [1.165, 1.54) is 25.7 Å². The molecule has 0 amide bonds. The van der Waals surface area contributed by atoms with Crippen molar-refractivity contribution >= 4 is 0 Å². The molecule has 1 aliphatic carbocycles. The number of ether oxygens (including phenoxy) is 1. The lowest BCUT2D eigenvalue weighted by molar-refractivity contribution is 0.206. The average molecular weight is 248 g/mol. The topological polar surface area (TPSA) is 34.2 Å². The summed E-state index contributed by atoms with van der Waals surface area (Å²) in [6, 6.07) is 4.11. The average Bonchev–Trinajstić information content (AvgIpc) is 2.86. The number of nitrogens with one attached hydrogen (secondary N) is 1. The number of hydrogen-bond donors (Lipinski definition) is 1. The van der Waals surface area contributed by atoms with Crippen LogP contribution in [-0.4, -0.2) is 17.6 Å². The Morgan fingerprint density at radius 2 is 2.11 bits per heavy atom. The molecule has 0 bridgehead atoms.